The average molecular weight is 354 g/mol. The number of thiocarbonyl (C=S) groups is 1. The molecule has 24 heavy (non-hydrogen) atoms. The normalized spacial score (nSPS) is 15.6. The number of carbonyl (C=O) groups excluding carboxylic acids is 1. The molecule has 0 saturated carbocycles. The third-order valence-corrected chi connectivity index (χ3v) is 4.96. The molecule has 1 aliphatic heterocycles. The summed E-state index contributed by atoms with van der Waals surface area (Å²) in [5.74, 6) is -0.117. The molecular formula is C19H18N2OS2. The van der Waals surface area contributed by atoms with Gasteiger partial charge >= 0.3 is 0 Å². The van der Waals surface area contributed by atoms with Crippen molar-refractivity contribution in [1.29, 1.82) is 0 Å². The Morgan fingerprint density at radius 1 is 1.12 bits per heavy atom. The van der Waals surface area contributed by atoms with E-state index in [4.69, 9.17) is 12.2 Å². The summed E-state index contributed by atoms with van der Waals surface area (Å²) in [6, 6.07) is 18.7. The van der Waals surface area contributed by atoms with Crippen molar-refractivity contribution in [1.82, 2.24) is 5.32 Å². The largest absolute Gasteiger partial charge is 0.367 e. The Bertz CT molecular complexity index is 770. The van der Waals surface area contributed by atoms with Crippen molar-refractivity contribution in [3.63, 3.8) is 0 Å². The van der Waals surface area contributed by atoms with Gasteiger partial charge in [0.1, 0.15) is 4.32 Å². The topological polar surface area (TPSA) is 32.3 Å². The van der Waals surface area contributed by atoms with Gasteiger partial charge in [-0.05, 0) is 36.3 Å². The molecular weight excluding hydrogens is 336 g/mol. The van der Waals surface area contributed by atoms with Gasteiger partial charge in [-0.3, -0.25) is 4.79 Å². The van der Waals surface area contributed by atoms with Crippen LogP contribution in [-0.2, 0) is 11.3 Å². The van der Waals surface area contributed by atoms with E-state index < -0.39 is 0 Å². The Balaban J connectivity index is 1.74. The summed E-state index contributed by atoms with van der Waals surface area (Å²) >= 11 is 6.31. The molecule has 0 bridgehead atoms. The molecule has 2 aromatic carbocycles. The first-order valence-electron chi connectivity index (χ1n) is 7.79. The molecule has 0 aromatic heterocycles. The Morgan fingerprint density at radius 3 is 2.42 bits per heavy atom. The second-order valence-corrected chi connectivity index (χ2v) is 7.16. The number of nitrogens with zero attached hydrogens (tertiary/aromatic N) is 1. The van der Waals surface area contributed by atoms with Gasteiger partial charge in [0.2, 0.25) is 0 Å². The van der Waals surface area contributed by atoms with Crippen LogP contribution >= 0.6 is 24.0 Å². The maximum absolute atomic E-state index is 11.7. The number of anilines is 1. The van der Waals surface area contributed by atoms with Crippen molar-refractivity contribution in [2.24, 2.45) is 0 Å². The van der Waals surface area contributed by atoms with Gasteiger partial charge in [-0.2, -0.15) is 0 Å². The van der Waals surface area contributed by atoms with Crippen LogP contribution in [0, 0.1) is 0 Å². The summed E-state index contributed by atoms with van der Waals surface area (Å²) in [6.45, 7) is 3.96. The highest BCUT2D eigenvalue weighted by Crippen LogP contribution is 2.26. The molecule has 1 saturated heterocycles. The van der Waals surface area contributed by atoms with E-state index in [0.29, 0.717) is 9.23 Å². The summed E-state index contributed by atoms with van der Waals surface area (Å²) in [5, 5.41) is 2.63. The summed E-state index contributed by atoms with van der Waals surface area (Å²) in [5.41, 5.74) is 3.46. The minimum Gasteiger partial charge on any atom is -0.367 e. The number of thioether (sulfide) groups is 1. The van der Waals surface area contributed by atoms with Crippen molar-refractivity contribution in [2.75, 3.05) is 11.4 Å². The van der Waals surface area contributed by atoms with E-state index in [9.17, 15) is 4.79 Å². The van der Waals surface area contributed by atoms with Crippen LogP contribution < -0.4 is 10.2 Å². The first-order valence-corrected chi connectivity index (χ1v) is 9.02. The van der Waals surface area contributed by atoms with Crippen LogP contribution in [0.2, 0.25) is 0 Å². The number of benzene rings is 2. The molecule has 3 rings (SSSR count). The quantitative estimate of drug-likeness (QED) is 0.644. The SMILES string of the molecule is CCN(Cc1ccccc1)c1ccc(C=C2SC(=S)NC2=O)cc1. The number of amides is 1. The van der Waals surface area contributed by atoms with Crippen LogP contribution in [0.15, 0.2) is 59.5 Å². The van der Waals surface area contributed by atoms with Crippen molar-refractivity contribution in [3.05, 3.63) is 70.6 Å². The second-order valence-electron chi connectivity index (χ2n) is 5.44. The molecule has 1 amide bonds. The lowest BCUT2D eigenvalue weighted by Gasteiger charge is -2.23. The van der Waals surface area contributed by atoms with E-state index in [1.54, 1.807) is 0 Å². The lowest BCUT2D eigenvalue weighted by molar-refractivity contribution is -0.115. The number of hydrogen-bond acceptors (Lipinski definition) is 4. The van der Waals surface area contributed by atoms with E-state index in [2.05, 4.69) is 53.5 Å². The molecule has 1 aliphatic rings. The molecule has 1 fully saturated rings. The molecule has 0 aliphatic carbocycles. The van der Waals surface area contributed by atoms with Crippen molar-refractivity contribution < 1.29 is 4.79 Å². The highest BCUT2D eigenvalue weighted by atomic mass is 32.2. The van der Waals surface area contributed by atoms with Gasteiger partial charge in [0.25, 0.3) is 5.91 Å². The summed E-state index contributed by atoms with van der Waals surface area (Å²) < 4.78 is 0.517. The molecule has 122 valence electrons. The van der Waals surface area contributed by atoms with Gasteiger partial charge < -0.3 is 10.2 Å². The van der Waals surface area contributed by atoms with Crippen LogP contribution in [0.5, 0.6) is 0 Å². The summed E-state index contributed by atoms with van der Waals surface area (Å²) in [4.78, 5) is 14.7. The predicted molar refractivity (Wildman–Crippen MR) is 106 cm³/mol. The average Bonchev–Trinajstić information content (AvgIpc) is 2.92. The van der Waals surface area contributed by atoms with Gasteiger partial charge in [0.05, 0.1) is 4.91 Å². The van der Waals surface area contributed by atoms with Gasteiger partial charge in [0.15, 0.2) is 0 Å². The summed E-state index contributed by atoms with van der Waals surface area (Å²) in [6.07, 6.45) is 1.87. The molecule has 5 heteroatoms. The smallest absolute Gasteiger partial charge is 0.263 e. The van der Waals surface area contributed by atoms with Gasteiger partial charge in [0, 0.05) is 18.8 Å². The van der Waals surface area contributed by atoms with E-state index in [1.807, 2.05) is 24.3 Å². The minimum atomic E-state index is -0.117. The molecule has 0 unspecified atom stereocenters. The third-order valence-electron chi connectivity index (χ3n) is 3.80. The predicted octanol–water partition coefficient (Wildman–Crippen LogP) is 4.20. The number of hydrogen-bond donors (Lipinski definition) is 1. The van der Waals surface area contributed by atoms with E-state index in [1.165, 1.54) is 23.0 Å². The maximum atomic E-state index is 11.7. The molecule has 1 heterocycles. The maximum Gasteiger partial charge on any atom is 0.263 e. The zero-order chi connectivity index (χ0) is 16.9. The number of carbonyl (C=O) groups is 1. The summed E-state index contributed by atoms with van der Waals surface area (Å²) in [7, 11) is 0. The number of nitrogens with one attached hydrogen (secondary N) is 1. The molecule has 0 atom stereocenters. The van der Waals surface area contributed by atoms with E-state index in [0.717, 1.165) is 18.7 Å². The van der Waals surface area contributed by atoms with Crippen LogP contribution in [-0.4, -0.2) is 16.8 Å². The first-order chi connectivity index (χ1) is 11.7. The Morgan fingerprint density at radius 2 is 1.83 bits per heavy atom. The lowest BCUT2D eigenvalue weighted by Crippen LogP contribution is -2.21. The molecule has 3 nitrogen and oxygen atoms in total. The van der Waals surface area contributed by atoms with Gasteiger partial charge in [-0.1, -0.05) is 66.4 Å². The zero-order valence-corrected chi connectivity index (χ0v) is 15.0. The molecule has 0 spiro atoms. The van der Waals surface area contributed by atoms with E-state index >= 15 is 0 Å². The molecule has 2 aromatic rings. The Labute approximate surface area is 151 Å². The molecule has 0 radical (unpaired) electrons. The monoisotopic (exact) mass is 354 g/mol. The first kappa shape index (κ1) is 16.7. The fraction of sp³-hybridized carbons (Fsp3) is 0.158. The minimum absolute atomic E-state index is 0.117. The fourth-order valence-corrected chi connectivity index (χ4v) is 3.59. The zero-order valence-electron chi connectivity index (χ0n) is 13.4. The van der Waals surface area contributed by atoms with Gasteiger partial charge in [-0.25, -0.2) is 0 Å². The van der Waals surface area contributed by atoms with Crippen molar-refractivity contribution >= 4 is 46.0 Å². The van der Waals surface area contributed by atoms with Crippen LogP contribution in [0.4, 0.5) is 5.69 Å². The standard InChI is InChI=1S/C19H18N2OS2/c1-2-21(13-15-6-4-3-5-7-15)16-10-8-14(9-11-16)12-17-18(22)20-19(23)24-17/h3-12H,2,13H2,1H3,(H,20,22,23). The number of rotatable bonds is 5. The third kappa shape index (κ3) is 4.04. The highest BCUT2D eigenvalue weighted by molar-refractivity contribution is 8.26. The van der Waals surface area contributed by atoms with Crippen LogP contribution in [0.1, 0.15) is 18.1 Å². The highest BCUT2D eigenvalue weighted by Gasteiger charge is 2.21. The Kier molecular flexibility index (Phi) is 5.33. The van der Waals surface area contributed by atoms with Gasteiger partial charge in [-0.15, -0.1) is 0 Å². The fourth-order valence-electron chi connectivity index (χ4n) is 2.54. The second kappa shape index (κ2) is 7.64. The lowest BCUT2D eigenvalue weighted by atomic mass is 10.1. The van der Waals surface area contributed by atoms with Crippen LogP contribution in [0.25, 0.3) is 6.08 Å². The van der Waals surface area contributed by atoms with E-state index in [-0.39, 0.29) is 5.91 Å². The Hall–Kier alpha value is -2.11. The van der Waals surface area contributed by atoms with Crippen LogP contribution in [0.3, 0.4) is 0 Å². The van der Waals surface area contributed by atoms with Crippen molar-refractivity contribution in [3.8, 4) is 0 Å². The van der Waals surface area contributed by atoms with Crippen molar-refractivity contribution in [2.45, 2.75) is 13.5 Å². The molecule has 1 N–H and O–H groups in total.